The van der Waals surface area contributed by atoms with Crippen LogP contribution >= 0.6 is 0 Å². The monoisotopic (exact) mass is 342 g/mol. The lowest BCUT2D eigenvalue weighted by atomic mass is 9.97. The van der Waals surface area contributed by atoms with Crippen LogP contribution in [-0.4, -0.2) is 115 Å². The lowest BCUT2D eigenvalue weighted by molar-refractivity contribution is -0.355. The molecule has 0 spiro atoms. The molecular formula is C12H22O11. The maximum Gasteiger partial charge on any atom is 0.187 e. The maximum absolute atomic E-state index is 9.94. The molecule has 2 rings (SSSR count). The van der Waals surface area contributed by atoms with E-state index in [2.05, 4.69) is 0 Å². The third-order valence-electron chi connectivity index (χ3n) is 3.98. The highest BCUT2D eigenvalue weighted by Gasteiger charge is 2.50. The molecule has 8 N–H and O–H groups in total. The van der Waals surface area contributed by atoms with Crippen molar-refractivity contribution in [2.24, 2.45) is 0 Å². The first kappa shape index (κ1) is 18.9. The first-order valence-electron chi connectivity index (χ1n) is 7.08. The van der Waals surface area contributed by atoms with Gasteiger partial charge in [-0.15, -0.1) is 0 Å². The van der Waals surface area contributed by atoms with Crippen LogP contribution in [0.3, 0.4) is 0 Å². The quantitative estimate of drug-likeness (QED) is 0.243. The smallest absolute Gasteiger partial charge is 0.187 e. The minimum absolute atomic E-state index is 0.667. The number of hydrogen-bond donors (Lipinski definition) is 8. The topological polar surface area (TPSA) is 190 Å². The van der Waals surface area contributed by atoms with Gasteiger partial charge in [-0.2, -0.15) is 0 Å². The fourth-order valence-corrected chi connectivity index (χ4v) is 2.57. The summed E-state index contributed by atoms with van der Waals surface area (Å²) >= 11 is 0. The van der Waals surface area contributed by atoms with Crippen LogP contribution in [0.25, 0.3) is 0 Å². The second-order valence-electron chi connectivity index (χ2n) is 5.53. The Morgan fingerprint density at radius 2 is 1.26 bits per heavy atom. The molecule has 0 saturated carbocycles. The van der Waals surface area contributed by atoms with Gasteiger partial charge in [0.15, 0.2) is 12.6 Å². The summed E-state index contributed by atoms with van der Waals surface area (Å²) in [5.41, 5.74) is 0. The molecule has 6 unspecified atom stereocenters. The van der Waals surface area contributed by atoms with E-state index >= 15 is 0 Å². The Bertz CT molecular complexity index is 378. The van der Waals surface area contributed by atoms with Crippen molar-refractivity contribution in [3.05, 3.63) is 0 Å². The fourth-order valence-electron chi connectivity index (χ4n) is 2.57. The number of rotatable bonds is 4. The standard InChI is InChI=1S/C12H22O11/c13-1-3-5(15)6(16)9(19)12(22-3)23-10-4(2-14)21-11(20)8(18)7(10)17/h3-20H,1-2H2/t3?,4?,5?,6?,7?,8-,9-,10?,11+,12-/m0/s1. The molecule has 23 heavy (non-hydrogen) atoms. The van der Waals surface area contributed by atoms with Crippen molar-refractivity contribution in [3.63, 3.8) is 0 Å². The molecule has 11 nitrogen and oxygen atoms in total. The summed E-state index contributed by atoms with van der Waals surface area (Å²) in [7, 11) is 0. The molecule has 0 aromatic rings. The van der Waals surface area contributed by atoms with E-state index in [0.29, 0.717) is 0 Å². The van der Waals surface area contributed by atoms with Gasteiger partial charge in [0, 0.05) is 0 Å². The summed E-state index contributed by atoms with van der Waals surface area (Å²) in [6, 6.07) is 0. The molecule has 0 bridgehead atoms. The van der Waals surface area contributed by atoms with Gasteiger partial charge in [-0.3, -0.25) is 0 Å². The van der Waals surface area contributed by atoms with Crippen molar-refractivity contribution in [2.45, 2.75) is 61.4 Å². The van der Waals surface area contributed by atoms with Crippen LogP contribution in [0.4, 0.5) is 0 Å². The highest BCUT2D eigenvalue weighted by Crippen LogP contribution is 2.28. The van der Waals surface area contributed by atoms with E-state index in [9.17, 15) is 35.7 Å². The fraction of sp³-hybridized carbons (Fsp3) is 1.00. The zero-order valence-corrected chi connectivity index (χ0v) is 12.0. The van der Waals surface area contributed by atoms with E-state index in [-0.39, 0.29) is 0 Å². The Kier molecular flexibility index (Phi) is 6.27. The Hall–Kier alpha value is -0.440. The summed E-state index contributed by atoms with van der Waals surface area (Å²) in [4.78, 5) is 0. The second-order valence-corrected chi connectivity index (χ2v) is 5.53. The Balaban J connectivity index is 2.11. The van der Waals surface area contributed by atoms with Crippen LogP contribution in [0.5, 0.6) is 0 Å². The van der Waals surface area contributed by atoms with Crippen LogP contribution in [0, 0.1) is 0 Å². The Labute approximate surface area is 130 Å². The average Bonchev–Trinajstić information content (AvgIpc) is 2.55. The third kappa shape index (κ3) is 3.65. The SMILES string of the molecule is OCC1O[C@@H](OC2C(CO)O[C@@H](O)[C@@H](O)C2O)[C@@H](O)C(O)C1O. The van der Waals surface area contributed by atoms with Crippen molar-refractivity contribution in [1.29, 1.82) is 0 Å². The van der Waals surface area contributed by atoms with E-state index in [1.165, 1.54) is 0 Å². The second kappa shape index (κ2) is 7.63. The molecule has 0 aromatic heterocycles. The number of ether oxygens (including phenoxy) is 3. The van der Waals surface area contributed by atoms with Gasteiger partial charge in [0.25, 0.3) is 0 Å². The van der Waals surface area contributed by atoms with Crippen molar-refractivity contribution < 1.29 is 55.1 Å². The molecule has 11 heteroatoms. The lowest BCUT2D eigenvalue weighted by Crippen LogP contribution is -2.64. The summed E-state index contributed by atoms with van der Waals surface area (Å²) in [6.07, 6.45) is -15.6. The minimum atomic E-state index is -1.74. The molecule has 2 fully saturated rings. The largest absolute Gasteiger partial charge is 0.394 e. The van der Waals surface area contributed by atoms with E-state index in [1.807, 2.05) is 0 Å². The van der Waals surface area contributed by atoms with E-state index in [1.54, 1.807) is 0 Å². The van der Waals surface area contributed by atoms with Crippen LogP contribution < -0.4 is 0 Å². The summed E-state index contributed by atoms with van der Waals surface area (Å²) in [5.74, 6) is 0. The normalized spacial score (nSPS) is 51.7. The zero-order chi connectivity index (χ0) is 17.3. The van der Waals surface area contributed by atoms with Crippen LogP contribution in [-0.2, 0) is 14.2 Å². The predicted molar refractivity (Wildman–Crippen MR) is 68.6 cm³/mol. The minimum Gasteiger partial charge on any atom is -0.394 e. The maximum atomic E-state index is 9.94. The van der Waals surface area contributed by atoms with Crippen molar-refractivity contribution >= 4 is 0 Å². The van der Waals surface area contributed by atoms with Gasteiger partial charge < -0.3 is 55.1 Å². The molecule has 2 heterocycles. The summed E-state index contributed by atoms with van der Waals surface area (Å²) in [6.45, 7) is -1.35. The molecule has 2 aliphatic rings. The molecule has 0 aliphatic carbocycles. The van der Waals surface area contributed by atoms with Crippen LogP contribution in [0.1, 0.15) is 0 Å². The predicted octanol–water partition coefficient (Wildman–Crippen LogP) is -5.40. The Morgan fingerprint density at radius 3 is 1.83 bits per heavy atom. The molecule has 0 radical (unpaired) electrons. The van der Waals surface area contributed by atoms with Gasteiger partial charge in [-0.25, -0.2) is 0 Å². The molecule has 136 valence electrons. The lowest BCUT2D eigenvalue weighted by Gasteiger charge is -2.45. The van der Waals surface area contributed by atoms with Crippen LogP contribution in [0.2, 0.25) is 0 Å². The highest BCUT2D eigenvalue weighted by atomic mass is 16.7. The molecular weight excluding hydrogens is 320 g/mol. The van der Waals surface area contributed by atoms with Gasteiger partial charge in [0.1, 0.15) is 48.8 Å². The summed E-state index contributed by atoms with van der Waals surface area (Å²) in [5, 5.41) is 76.5. The number of hydrogen-bond acceptors (Lipinski definition) is 11. The third-order valence-corrected chi connectivity index (χ3v) is 3.98. The number of aliphatic hydroxyl groups excluding tert-OH is 8. The first-order valence-corrected chi connectivity index (χ1v) is 7.08. The van der Waals surface area contributed by atoms with Gasteiger partial charge in [-0.05, 0) is 0 Å². The van der Waals surface area contributed by atoms with Gasteiger partial charge in [0.2, 0.25) is 0 Å². The molecule has 0 amide bonds. The van der Waals surface area contributed by atoms with E-state index in [4.69, 9.17) is 19.3 Å². The van der Waals surface area contributed by atoms with Crippen molar-refractivity contribution in [3.8, 4) is 0 Å². The Morgan fingerprint density at radius 1 is 0.652 bits per heavy atom. The highest BCUT2D eigenvalue weighted by molar-refractivity contribution is 4.93. The molecule has 2 saturated heterocycles. The molecule has 2 aliphatic heterocycles. The van der Waals surface area contributed by atoms with Crippen molar-refractivity contribution in [2.75, 3.05) is 13.2 Å². The van der Waals surface area contributed by atoms with Gasteiger partial charge in [-0.1, -0.05) is 0 Å². The average molecular weight is 342 g/mol. The number of aliphatic hydroxyl groups is 8. The molecule has 10 atom stereocenters. The van der Waals surface area contributed by atoms with Crippen LogP contribution in [0.15, 0.2) is 0 Å². The van der Waals surface area contributed by atoms with Gasteiger partial charge >= 0.3 is 0 Å². The van der Waals surface area contributed by atoms with E-state index in [0.717, 1.165) is 0 Å². The summed E-state index contributed by atoms with van der Waals surface area (Å²) < 4.78 is 15.3. The van der Waals surface area contributed by atoms with E-state index < -0.39 is 74.6 Å². The van der Waals surface area contributed by atoms with Crippen molar-refractivity contribution in [1.82, 2.24) is 0 Å². The first-order chi connectivity index (χ1) is 10.8. The van der Waals surface area contributed by atoms with Gasteiger partial charge in [0.05, 0.1) is 13.2 Å². The zero-order valence-electron chi connectivity index (χ0n) is 12.0. The molecule has 0 aromatic carbocycles.